The van der Waals surface area contributed by atoms with Crippen molar-refractivity contribution in [2.45, 2.75) is 0 Å². The number of likely N-dealkylation sites (tertiary alicyclic amines) is 1. The summed E-state index contributed by atoms with van der Waals surface area (Å²) in [7, 11) is 1.22. The molecule has 2 saturated heterocycles. The molecule has 2 aliphatic rings. The van der Waals surface area contributed by atoms with Crippen LogP contribution in [0.15, 0.2) is 0 Å². The summed E-state index contributed by atoms with van der Waals surface area (Å²) < 4.78 is 0. The van der Waals surface area contributed by atoms with Gasteiger partial charge in [0.05, 0.1) is 11.8 Å². The molecule has 2 rings (SSSR count). The van der Waals surface area contributed by atoms with Gasteiger partial charge in [-0.3, -0.25) is 14.5 Å². The van der Waals surface area contributed by atoms with E-state index in [-0.39, 0.29) is 138 Å². The predicted octanol–water partition coefficient (Wildman–Crippen LogP) is -1.15. The van der Waals surface area contributed by atoms with Crippen molar-refractivity contribution in [1.29, 1.82) is 0 Å². The van der Waals surface area contributed by atoms with Crippen molar-refractivity contribution < 1.29 is 150 Å². The zero-order chi connectivity index (χ0) is 9.09. The molecule has 0 atom stereocenters. The van der Waals surface area contributed by atoms with E-state index in [1.807, 2.05) is 0 Å². The van der Waals surface area contributed by atoms with E-state index in [1.165, 1.54) is 7.05 Å². The summed E-state index contributed by atoms with van der Waals surface area (Å²) in [6.07, 6.45) is 0. The average molecular weight is 538 g/mol. The summed E-state index contributed by atoms with van der Waals surface area (Å²) in [4.78, 5) is 44.3. The maximum Gasteiger partial charge on any atom is 0.256 e. The number of β-lactam (4-membered cyclic amide) rings is 4. The van der Waals surface area contributed by atoms with Crippen LogP contribution in [0.5, 0.6) is 0 Å². The fourth-order valence-corrected chi connectivity index (χ4v) is 1.30. The molecular weight excluding hydrogens is 532 g/mol. The van der Waals surface area contributed by atoms with E-state index in [9.17, 15) is 19.2 Å². The van der Waals surface area contributed by atoms with Crippen LogP contribution in [-0.2, 0) is 150 Å². The van der Waals surface area contributed by atoms with Crippen LogP contribution in [0.2, 0.25) is 0 Å². The number of nitrogens with zero attached hydrogens (tertiary/aromatic N) is 2. The van der Waals surface area contributed by atoms with E-state index in [0.717, 1.165) is 4.90 Å². The van der Waals surface area contributed by atoms with E-state index < -0.39 is 29.0 Å². The Balaban J connectivity index is -0.000000169. The zero-order valence-corrected chi connectivity index (χ0v) is 20.7. The van der Waals surface area contributed by atoms with Gasteiger partial charge >= 0.3 is 0 Å². The summed E-state index contributed by atoms with van der Waals surface area (Å²) in [5, 5.41) is 2.89. The quantitative estimate of drug-likeness (QED) is 0.222. The molecule has 0 unspecified atom stereocenters. The van der Waals surface area contributed by atoms with Crippen LogP contribution in [0.1, 0.15) is 0 Å². The monoisotopic (exact) mass is 538 g/mol. The van der Waals surface area contributed by atoms with Crippen LogP contribution in [0.3, 0.4) is 0 Å². The Morgan fingerprint density at radius 1 is 0.882 bits per heavy atom. The molecule has 0 aromatic rings. The van der Waals surface area contributed by atoms with Crippen molar-refractivity contribution >= 4 is 23.6 Å². The summed E-state index contributed by atoms with van der Waals surface area (Å²) in [5.74, 6) is -3.39. The van der Waals surface area contributed by atoms with Crippen LogP contribution in [0, 0.1) is 12.8 Å². The maximum absolute atomic E-state index is 11.0. The van der Waals surface area contributed by atoms with E-state index in [1.54, 1.807) is 0 Å². The van der Waals surface area contributed by atoms with E-state index >= 15 is 0 Å². The van der Waals surface area contributed by atoms with Crippen LogP contribution in [-0.4, -0.2) is 35.6 Å². The second-order valence-electron chi connectivity index (χ2n) is 2.64. The molecule has 0 aromatic heterocycles. The SMILES string of the molecule is CN1C(=O)C2(C(=O)[N-]C2=O)C1=O.[CH3-].[Y].[Y].[Y].[Y]. The second-order valence-corrected chi connectivity index (χ2v) is 2.64. The number of imide groups is 2. The number of rotatable bonds is 0. The van der Waals surface area contributed by atoms with E-state index in [0.29, 0.717) is 0 Å². The molecule has 82 valence electrons. The van der Waals surface area contributed by atoms with E-state index in [4.69, 9.17) is 0 Å². The van der Waals surface area contributed by atoms with Gasteiger partial charge in [0, 0.05) is 138 Å². The molecule has 0 aromatic carbocycles. The van der Waals surface area contributed by atoms with Crippen molar-refractivity contribution in [3.8, 4) is 0 Å². The number of hydrogen-bond donors (Lipinski definition) is 0. The molecule has 0 bridgehead atoms. The van der Waals surface area contributed by atoms with Crippen molar-refractivity contribution in [3.63, 3.8) is 0 Å². The Morgan fingerprint density at radius 2 is 1.18 bits per heavy atom. The molecule has 6 nitrogen and oxygen atoms in total. The molecule has 4 amide bonds. The van der Waals surface area contributed by atoms with Gasteiger partial charge in [-0.05, 0) is 0 Å². The second kappa shape index (κ2) is 9.60. The van der Waals surface area contributed by atoms with Gasteiger partial charge < -0.3 is 22.3 Å². The number of carbonyl (C=O) groups excluding carboxylic acids is 4. The Bertz CT molecular complexity index is 328. The predicted molar refractivity (Wildman–Crippen MR) is 40.0 cm³/mol. The minimum Gasteiger partial charge on any atom is -0.592 e. The van der Waals surface area contributed by atoms with Gasteiger partial charge in [0.15, 0.2) is 0 Å². The molecule has 2 heterocycles. The van der Waals surface area contributed by atoms with E-state index in [2.05, 4.69) is 5.32 Å². The standard InChI is InChI=1S/C6H4N2O4.CH3.4Y/c1-8-4(11)6(5(8)12)2(9)7-3(6)10;;;;;/h1H3,(H,7,9,10);1H3;;;;/q;-1;;;;/p-1. The number of amides is 4. The Morgan fingerprint density at radius 3 is 1.35 bits per heavy atom. The van der Waals surface area contributed by atoms with Gasteiger partial charge in [0.1, 0.15) is 0 Å². The van der Waals surface area contributed by atoms with Gasteiger partial charge in [-0.2, -0.15) is 0 Å². The normalized spacial score (nSPS) is 17.8. The third-order valence-electron chi connectivity index (χ3n) is 2.10. The minimum atomic E-state index is -2.05. The van der Waals surface area contributed by atoms with Gasteiger partial charge in [0.2, 0.25) is 5.41 Å². The number of carbonyl (C=O) groups is 4. The van der Waals surface area contributed by atoms with Gasteiger partial charge in [-0.25, -0.2) is 0 Å². The van der Waals surface area contributed by atoms with Crippen molar-refractivity contribution in [1.82, 2.24) is 4.90 Å². The summed E-state index contributed by atoms with van der Waals surface area (Å²) in [5.41, 5.74) is -2.05. The maximum atomic E-state index is 11.0. The smallest absolute Gasteiger partial charge is 0.256 e. The Kier molecular flexibility index (Phi) is 15.8. The van der Waals surface area contributed by atoms with Crippen LogP contribution < -0.4 is 0 Å². The molecule has 0 N–H and O–H groups in total. The summed E-state index contributed by atoms with van der Waals surface area (Å²) in [6.45, 7) is 0. The molecule has 0 saturated carbocycles. The van der Waals surface area contributed by atoms with Gasteiger partial charge in [-0.1, -0.05) is 0 Å². The zero-order valence-electron chi connectivity index (χ0n) is 9.34. The summed E-state index contributed by atoms with van der Waals surface area (Å²) >= 11 is 0. The van der Waals surface area contributed by atoms with Crippen LogP contribution >= 0.6 is 0 Å². The van der Waals surface area contributed by atoms with Crippen molar-refractivity contribution in [3.05, 3.63) is 12.7 Å². The first-order valence-electron chi connectivity index (χ1n) is 3.16. The first kappa shape index (κ1) is 27.9. The first-order chi connectivity index (χ1) is 5.52. The van der Waals surface area contributed by atoms with Gasteiger partial charge in [-0.15, -0.1) is 0 Å². The fourth-order valence-electron chi connectivity index (χ4n) is 1.30. The Hall–Kier alpha value is 2.70. The summed E-state index contributed by atoms with van der Waals surface area (Å²) in [6, 6.07) is 0. The Labute approximate surface area is 199 Å². The van der Waals surface area contributed by atoms with Gasteiger partial charge in [0.25, 0.3) is 11.8 Å². The molecule has 1 spiro atoms. The topological polar surface area (TPSA) is 85.6 Å². The van der Waals surface area contributed by atoms with Crippen molar-refractivity contribution in [2.75, 3.05) is 7.05 Å². The molecule has 17 heavy (non-hydrogen) atoms. The molecule has 0 aliphatic carbocycles. The molecule has 10 heteroatoms. The molecule has 2 aliphatic heterocycles. The molecular formula is C7H6N2O4Y4-2. The third kappa shape index (κ3) is 3.48. The molecule has 2 fully saturated rings. The number of hydrogen-bond acceptors (Lipinski definition) is 4. The molecule has 4 radical (unpaired) electrons. The average Bonchev–Trinajstić information content (AvgIpc) is 2.04. The van der Waals surface area contributed by atoms with Crippen molar-refractivity contribution in [2.24, 2.45) is 5.41 Å². The van der Waals surface area contributed by atoms with Crippen LogP contribution in [0.25, 0.3) is 5.32 Å². The largest absolute Gasteiger partial charge is 0.592 e. The third-order valence-corrected chi connectivity index (χ3v) is 2.10. The van der Waals surface area contributed by atoms with Crippen LogP contribution in [0.4, 0.5) is 0 Å². The fraction of sp³-hybridized carbons (Fsp3) is 0.286. The minimum absolute atomic E-state index is 0. The first-order valence-corrected chi connectivity index (χ1v) is 3.16.